The van der Waals surface area contributed by atoms with E-state index < -0.39 is 11.7 Å². The lowest BCUT2D eigenvalue weighted by atomic mass is 10.1. The van der Waals surface area contributed by atoms with E-state index in [1.54, 1.807) is 6.07 Å². The number of benzene rings is 1. The predicted molar refractivity (Wildman–Crippen MR) is 68.7 cm³/mol. The number of hydrogen-bond donors (Lipinski definition) is 0. The number of nitrogens with zero attached hydrogens (tertiary/aromatic N) is 1. The van der Waals surface area contributed by atoms with Crippen LogP contribution in [0.25, 0.3) is 0 Å². The normalized spacial score (nSPS) is 19.1. The van der Waals surface area contributed by atoms with Crippen molar-refractivity contribution in [1.29, 1.82) is 0 Å². The van der Waals surface area contributed by atoms with Gasteiger partial charge in [0.05, 0.1) is 5.56 Å². The van der Waals surface area contributed by atoms with Gasteiger partial charge in [-0.05, 0) is 37.6 Å². The summed E-state index contributed by atoms with van der Waals surface area (Å²) in [5, 5.41) is 0. The summed E-state index contributed by atoms with van der Waals surface area (Å²) < 4.78 is 37.7. The van der Waals surface area contributed by atoms with Crippen molar-refractivity contribution in [2.24, 2.45) is 0 Å². The molecule has 1 aliphatic rings. The van der Waals surface area contributed by atoms with E-state index in [2.05, 4.69) is 20.8 Å². The molecule has 0 radical (unpaired) electrons. The fraction of sp³-hybridized carbons (Fsp3) is 0.538. The Morgan fingerprint density at radius 1 is 1.22 bits per heavy atom. The Labute approximate surface area is 113 Å². The van der Waals surface area contributed by atoms with Gasteiger partial charge in [-0.1, -0.05) is 34.1 Å². The number of hydrogen-bond acceptors (Lipinski definition) is 1. The number of halogens is 4. The molecule has 0 atom stereocenters. The molecule has 1 fully saturated rings. The van der Waals surface area contributed by atoms with E-state index in [0.717, 1.165) is 37.6 Å². The van der Waals surface area contributed by atoms with Crippen molar-refractivity contribution in [3.05, 3.63) is 35.4 Å². The van der Waals surface area contributed by atoms with E-state index in [-0.39, 0.29) is 0 Å². The van der Waals surface area contributed by atoms with Gasteiger partial charge in [0.25, 0.3) is 0 Å². The van der Waals surface area contributed by atoms with Crippen molar-refractivity contribution in [1.82, 2.24) is 4.90 Å². The first-order valence-corrected chi connectivity index (χ1v) is 6.89. The molecule has 100 valence electrons. The number of piperidine rings is 1. The van der Waals surface area contributed by atoms with Crippen LogP contribution < -0.4 is 0 Å². The highest BCUT2D eigenvalue weighted by atomic mass is 79.9. The van der Waals surface area contributed by atoms with Crippen molar-refractivity contribution in [3.63, 3.8) is 0 Å². The topological polar surface area (TPSA) is 3.24 Å². The summed E-state index contributed by atoms with van der Waals surface area (Å²) >= 11 is 3.56. The van der Waals surface area contributed by atoms with Crippen molar-refractivity contribution in [2.45, 2.75) is 30.4 Å². The van der Waals surface area contributed by atoms with E-state index in [1.165, 1.54) is 12.1 Å². The molecule has 5 heteroatoms. The average Bonchev–Trinajstić information content (AvgIpc) is 2.31. The zero-order valence-corrected chi connectivity index (χ0v) is 11.5. The second kappa shape index (κ2) is 5.61. The maximum atomic E-state index is 12.6. The van der Waals surface area contributed by atoms with Crippen LogP contribution in [0.5, 0.6) is 0 Å². The van der Waals surface area contributed by atoms with Gasteiger partial charge in [0.2, 0.25) is 0 Å². The maximum Gasteiger partial charge on any atom is 0.416 e. The summed E-state index contributed by atoms with van der Waals surface area (Å²) in [6.45, 7) is 2.47. The van der Waals surface area contributed by atoms with Gasteiger partial charge in [0, 0.05) is 11.4 Å². The largest absolute Gasteiger partial charge is 0.416 e. The highest BCUT2D eigenvalue weighted by Gasteiger charge is 2.30. The lowest BCUT2D eigenvalue weighted by molar-refractivity contribution is -0.137. The maximum absolute atomic E-state index is 12.6. The van der Waals surface area contributed by atoms with Gasteiger partial charge in [-0.15, -0.1) is 0 Å². The second-order valence-corrected chi connectivity index (χ2v) is 5.94. The highest BCUT2D eigenvalue weighted by molar-refractivity contribution is 9.09. The van der Waals surface area contributed by atoms with Crippen LogP contribution >= 0.6 is 15.9 Å². The monoisotopic (exact) mass is 321 g/mol. The summed E-state index contributed by atoms with van der Waals surface area (Å²) in [5.74, 6) is 0. The molecule has 1 aromatic rings. The smallest absolute Gasteiger partial charge is 0.299 e. The Hall–Kier alpha value is -0.550. The predicted octanol–water partition coefficient (Wildman–Crippen LogP) is 4.06. The van der Waals surface area contributed by atoms with Crippen LogP contribution in [0.4, 0.5) is 13.2 Å². The van der Waals surface area contributed by atoms with Crippen LogP contribution in [0.1, 0.15) is 24.0 Å². The minimum atomic E-state index is -4.25. The molecule has 1 aromatic carbocycles. The third-order valence-corrected chi connectivity index (χ3v) is 4.09. The highest BCUT2D eigenvalue weighted by Crippen LogP contribution is 2.30. The molecule has 18 heavy (non-hydrogen) atoms. The van der Waals surface area contributed by atoms with Crippen molar-refractivity contribution >= 4 is 15.9 Å². The van der Waals surface area contributed by atoms with Gasteiger partial charge in [-0.25, -0.2) is 0 Å². The van der Waals surface area contributed by atoms with E-state index in [4.69, 9.17) is 0 Å². The molecule has 1 heterocycles. The zero-order valence-electron chi connectivity index (χ0n) is 9.88. The van der Waals surface area contributed by atoms with Crippen LogP contribution in [-0.4, -0.2) is 22.8 Å². The molecule has 0 unspecified atom stereocenters. The minimum Gasteiger partial charge on any atom is -0.299 e. The number of likely N-dealkylation sites (tertiary alicyclic amines) is 1. The average molecular weight is 322 g/mol. The Kier molecular flexibility index (Phi) is 4.33. The summed E-state index contributed by atoms with van der Waals surface area (Å²) in [4.78, 5) is 2.75. The Morgan fingerprint density at radius 2 is 1.89 bits per heavy atom. The van der Waals surface area contributed by atoms with Gasteiger partial charge in [0.1, 0.15) is 0 Å². The van der Waals surface area contributed by atoms with E-state index in [0.29, 0.717) is 11.4 Å². The number of rotatable bonds is 2. The Bertz CT molecular complexity index is 397. The van der Waals surface area contributed by atoms with Crippen molar-refractivity contribution in [2.75, 3.05) is 13.1 Å². The van der Waals surface area contributed by atoms with Gasteiger partial charge >= 0.3 is 6.18 Å². The molecule has 0 amide bonds. The fourth-order valence-corrected chi connectivity index (χ4v) is 2.57. The molecule has 0 bridgehead atoms. The van der Waals surface area contributed by atoms with Crippen molar-refractivity contribution < 1.29 is 13.2 Å². The molecular formula is C13H15BrF3N. The molecule has 0 aliphatic carbocycles. The summed E-state index contributed by atoms with van der Waals surface area (Å²) in [6, 6.07) is 5.61. The molecule has 2 rings (SSSR count). The number of alkyl halides is 4. The van der Waals surface area contributed by atoms with Gasteiger partial charge < -0.3 is 0 Å². The van der Waals surface area contributed by atoms with Gasteiger partial charge in [0.15, 0.2) is 0 Å². The third-order valence-electron chi connectivity index (χ3n) is 3.18. The summed E-state index contributed by atoms with van der Waals surface area (Å²) in [6.07, 6.45) is -2.14. The first-order chi connectivity index (χ1) is 8.45. The van der Waals surface area contributed by atoms with Crippen LogP contribution in [-0.2, 0) is 12.7 Å². The fourth-order valence-electron chi connectivity index (χ4n) is 2.16. The van der Waals surface area contributed by atoms with Crippen LogP contribution in [0.3, 0.4) is 0 Å². The van der Waals surface area contributed by atoms with Crippen LogP contribution in [0.15, 0.2) is 24.3 Å². The molecule has 0 spiro atoms. The first kappa shape index (κ1) is 13.9. The Balaban J connectivity index is 2.01. The minimum absolute atomic E-state index is 0.551. The van der Waals surface area contributed by atoms with Crippen molar-refractivity contribution in [3.8, 4) is 0 Å². The summed E-state index contributed by atoms with van der Waals surface area (Å²) in [7, 11) is 0. The summed E-state index contributed by atoms with van der Waals surface area (Å²) in [5.41, 5.74) is 0.174. The molecule has 1 aliphatic heterocycles. The first-order valence-electron chi connectivity index (χ1n) is 5.98. The van der Waals surface area contributed by atoms with Gasteiger partial charge in [-0.3, -0.25) is 4.90 Å². The molecular weight excluding hydrogens is 307 g/mol. The SMILES string of the molecule is FC(F)(F)c1cccc(CN2CCC(Br)CC2)c1. The molecule has 1 nitrogen and oxygen atoms in total. The van der Waals surface area contributed by atoms with Crippen LogP contribution in [0, 0.1) is 0 Å². The molecule has 0 aromatic heterocycles. The Morgan fingerprint density at radius 3 is 2.50 bits per heavy atom. The quantitative estimate of drug-likeness (QED) is 0.742. The van der Waals surface area contributed by atoms with Crippen LogP contribution in [0.2, 0.25) is 0 Å². The standard InChI is InChI=1S/C13H15BrF3N/c14-12-4-6-18(7-5-12)9-10-2-1-3-11(8-10)13(15,16)17/h1-3,8,12H,4-7,9H2. The molecule has 0 saturated carbocycles. The second-order valence-electron chi connectivity index (χ2n) is 4.65. The van der Waals surface area contributed by atoms with E-state index in [1.807, 2.05) is 0 Å². The molecule has 0 N–H and O–H groups in total. The van der Waals surface area contributed by atoms with E-state index in [9.17, 15) is 13.2 Å². The van der Waals surface area contributed by atoms with Gasteiger partial charge in [-0.2, -0.15) is 13.2 Å². The lowest BCUT2D eigenvalue weighted by Gasteiger charge is -2.29. The zero-order chi connectivity index (χ0) is 13.2. The van der Waals surface area contributed by atoms with E-state index >= 15 is 0 Å². The molecule has 1 saturated heterocycles. The third kappa shape index (κ3) is 3.72. The lowest BCUT2D eigenvalue weighted by Crippen LogP contribution is -2.33.